The van der Waals surface area contributed by atoms with Crippen molar-refractivity contribution >= 4 is 11.8 Å². The fourth-order valence-electron chi connectivity index (χ4n) is 2.19. The van der Waals surface area contributed by atoms with Crippen molar-refractivity contribution in [3.8, 4) is 0 Å². The lowest BCUT2D eigenvalue weighted by Gasteiger charge is -2.25. The summed E-state index contributed by atoms with van der Waals surface area (Å²) >= 11 is 2.13. The molecule has 0 aromatic heterocycles. The van der Waals surface area contributed by atoms with E-state index in [0.29, 0.717) is 10.8 Å². The molecule has 0 amide bonds. The maximum absolute atomic E-state index is 3.53. The van der Waals surface area contributed by atoms with Gasteiger partial charge in [0, 0.05) is 29.6 Å². The third-order valence-electron chi connectivity index (χ3n) is 3.37. The molecule has 3 heteroatoms. The molecule has 102 valence electrons. The molecule has 0 aromatic carbocycles. The van der Waals surface area contributed by atoms with Gasteiger partial charge in [0.2, 0.25) is 0 Å². The van der Waals surface area contributed by atoms with Crippen molar-refractivity contribution in [2.75, 3.05) is 31.9 Å². The second-order valence-corrected chi connectivity index (χ2v) is 8.13. The molecule has 1 fully saturated rings. The second kappa shape index (κ2) is 7.01. The zero-order valence-corrected chi connectivity index (χ0v) is 13.1. The van der Waals surface area contributed by atoms with Gasteiger partial charge in [0.1, 0.15) is 0 Å². The molecule has 1 saturated heterocycles. The monoisotopic (exact) mass is 258 g/mol. The van der Waals surface area contributed by atoms with Crippen LogP contribution in [0.4, 0.5) is 0 Å². The van der Waals surface area contributed by atoms with Crippen molar-refractivity contribution in [3.63, 3.8) is 0 Å². The lowest BCUT2D eigenvalue weighted by Crippen LogP contribution is -2.36. The third kappa shape index (κ3) is 6.68. The Hall–Kier alpha value is 0.270. The summed E-state index contributed by atoms with van der Waals surface area (Å²) in [5.74, 6) is 2.04. The van der Waals surface area contributed by atoms with Gasteiger partial charge in [0.05, 0.1) is 0 Å². The molecule has 0 aliphatic carbocycles. The predicted octanol–water partition coefficient (Wildman–Crippen LogP) is 2.84. The summed E-state index contributed by atoms with van der Waals surface area (Å²) in [4.78, 5) is 2.65. The molecular weight excluding hydrogens is 228 g/mol. The van der Waals surface area contributed by atoms with Gasteiger partial charge < -0.3 is 10.2 Å². The highest BCUT2D eigenvalue weighted by Gasteiger charge is 2.24. The zero-order chi connectivity index (χ0) is 12.9. The van der Waals surface area contributed by atoms with E-state index in [-0.39, 0.29) is 0 Å². The van der Waals surface area contributed by atoms with Crippen molar-refractivity contribution in [1.82, 2.24) is 10.2 Å². The third-order valence-corrected chi connectivity index (χ3v) is 4.75. The summed E-state index contributed by atoms with van der Waals surface area (Å²) in [6.45, 7) is 16.5. The normalized spacial score (nSPS) is 23.6. The Kier molecular flexibility index (Phi) is 6.32. The Bertz CT molecular complexity index is 216. The lowest BCUT2D eigenvalue weighted by atomic mass is 10.1. The highest BCUT2D eigenvalue weighted by molar-refractivity contribution is 8.00. The molecule has 1 unspecified atom stereocenters. The minimum atomic E-state index is 0.480. The molecule has 1 aliphatic rings. The summed E-state index contributed by atoms with van der Waals surface area (Å²) in [6.07, 6.45) is 1.32. The fourth-order valence-corrected chi connectivity index (χ4v) is 3.32. The van der Waals surface area contributed by atoms with Gasteiger partial charge in [-0.25, -0.2) is 0 Å². The van der Waals surface area contributed by atoms with Crippen LogP contribution in [0.1, 0.15) is 41.0 Å². The standard InChI is InChI=1S/C14H30N2S/c1-12(2)15-10-13(3)11-16-7-6-14(4,5)17-9-8-16/h12-13,15H,6-11H2,1-5H3. The largest absolute Gasteiger partial charge is 0.314 e. The van der Waals surface area contributed by atoms with Crippen molar-refractivity contribution in [3.05, 3.63) is 0 Å². The minimum Gasteiger partial charge on any atom is -0.314 e. The predicted molar refractivity (Wildman–Crippen MR) is 79.9 cm³/mol. The first-order valence-corrected chi connectivity index (χ1v) is 7.97. The second-order valence-electron chi connectivity index (χ2n) is 6.33. The van der Waals surface area contributed by atoms with Gasteiger partial charge in [-0.3, -0.25) is 0 Å². The summed E-state index contributed by atoms with van der Waals surface area (Å²) in [7, 11) is 0. The number of thioether (sulfide) groups is 1. The molecule has 1 N–H and O–H groups in total. The molecule has 0 saturated carbocycles. The Morgan fingerprint density at radius 2 is 1.94 bits per heavy atom. The van der Waals surface area contributed by atoms with E-state index in [1.165, 1.54) is 31.8 Å². The highest BCUT2D eigenvalue weighted by Crippen LogP contribution is 2.30. The van der Waals surface area contributed by atoms with E-state index in [4.69, 9.17) is 0 Å². The van der Waals surface area contributed by atoms with Gasteiger partial charge >= 0.3 is 0 Å². The van der Waals surface area contributed by atoms with E-state index >= 15 is 0 Å². The molecule has 0 radical (unpaired) electrons. The van der Waals surface area contributed by atoms with Crippen LogP contribution in [0.25, 0.3) is 0 Å². The molecule has 17 heavy (non-hydrogen) atoms. The van der Waals surface area contributed by atoms with Crippen LogP contribution in [-0.2, 0) is 0 Å². The molecule has 1 atom stereocenters. The molecule has 2 nitrogen and oxygen atoms in total. The van der Waals surface area contributed by atoms with Crippen LogP contribution in [0.3, 0.4) is 0 Å². The number of nitrogens with zero attached hydrogens (tertiary/aromatic N) is 1. The van der Waals surface area contributed by atoms with Crippen LogP contribution in [0, 0.1) is 5.92 Å². The summed E-state index contributed by atoms with van der Waals surface area (Å²) in [5, 5.41) is 3.53. The Morgan fingerprint density at radius 1 is 1.24 bits per heavy atom. The van der Waals surface area contributed by atoms with Crippen LogP contribution in [0.15, 0.2) is 0 Å². The molecule has 1 heterocycles. The SMILES string of the molecule is CC(CNC(C)C)CN1CCSC(C)(C)CC1. The summed E-state index contributed by atoms with van der Waals surface area (Å²) < 4.78 is 0.480. The van der Waals surface area contributed by atoms with Crippen molar-refractivity contribution < 1.29 is 0 Å². The topological polar surface area (TPSA) is 15.3 Å². The molecular formula is C14H30N2S. The average molecular weight is 258 g/mol. The molecule has 0 spiro atoms. The Morgan fingerprint density at radius 3 is 2.59 bits per heavy atom. The van der Waals surface area contributed by atoms with E-state index in [9.17, 15) is 0 Å². The van der Waals surface area contributed by atoms with Crippen LogP contribution >= 0.6 is 11.8 Å². The first-order chi connectivity index (χ1) is 7.89. The Balaban J connectivity index is 2.26. The van der Waals surface area contributed by atoms with Crippen molar-refractivity contribution in [2.24, 2.45) is 5.92 Å². The maximum Gasteiger partial charge on any atom is 0.0116 e. The summed E-state index contributed by atoms with van der Waals surface area (Å²) in [5.41, 5.74) is 0. The molecule has 1 aliphatic heterocycles. The maximum atomic E-state index is 3.53. The smallest absolute Gasteiger partial charge is 0.0116 e. The quantitative estimate of drug-likeness (QED) is 0.816. The van der Waals surface area contributed by atoms with Crippen LogP contribution in [0.2, 0.25) is 0 Å². The van der Waals surface area contributed by atoms with E-state index in [1.54, 1.807) is 0 Å². The number of rotatable bonds is 5. The van der Waals surface area contributed by atoms with Gasteiger partial charge in [0.15, 0.2) is 0 Å². The van der Waals surface area contributed by atoms with Crippen LogP contribution in [-0.4, -0.2) is 47.6 Å². The van der Waals surface area contributed by atoms with Gasteiger partial charge in [-0.15, -0.1) is 0 Å². The lowest BCUT2D eigenvalue weighted by molar-refractivity contribution is 0.241. The van der Waals surface area contributed by atoms with Gasteiger partial charge in [-0.1, -0.05) is 34.6 Å². The molecule has 0 aromatic rings. The van der Waals surface area contributed by atoms with E-state index in [2.05, 4.69) is 56.6 Å². The molecule has 1 rings (SSSR count). The first kappa shape index (κ1) is 15.3. The fraction of sp³-hybridized carbons (Fsp3) is 1.00. The average Bonchev–Trinajstić information content (AvgIpc) is 2.37. The van der Waals surface area contributed by atoms with Gasteiger partial charge in [0.25, 0.3) is 0 Å². The van der Waals surface area contributed by atoms with Crippen molar-refractivity contribution in [1.29, 1.82) is 0 Å². The van der Waals surface area contributed by atoms with E-state index < -0.39 is 0 Å². The highest BCUT2D eigenvalue weighted by atomic mass is 32.2. The van der Waals surface area contributed by atoms with Gasteiger partial charge in [-0.2, -0.15) is 11.8 Å². The molecule has 0 bridgehead atoms. The number of nitrogens with one attached hydrogen (secondary N) is 1. The van der Waals surface area contributed by atoms with Crippen LogP contribution < -0.4 is 5.32 Å². The number of hydrogen-bond acceptors (Lipinski definition) is 3. The first-order valence-electron chi connectivity index (χ1n) is 6.99. The number of hydrogen-bond donors (Lipinski definition) is 1. The van der Waals surface area contributed by atoms with Crippen LogP contribution in [0.5, 0.6) is 0 Å². The Labute approximate surface area is 112 Å². The van der Waals surface area contributed by atoms with E-state index in [1.807, 2.05) is 0 Å². The van der Waals surface area contributed by atoms with Crippen molar-refractivity contribution in [2.45, 2.75) is 51.8 Å². The van der Waals surface area contributed by atoms with Gasteiger partial charge in [-0.05, 0) is 25.4 Å². The summed E-state index contributed by atoms with van der Waals surface area (Å²) in [6, 6.07) is 0.607. The zero-order valence-electron chi connectivity index (χ0n) is 12.3. The van der Waals surface area contributed by atoms with E-state index in [0.717, 1.165) is 12.5 Å². The minimum absolute atomic E-state index is 0.480.